The number of pyridine rings is 1. The van der Waals surface area contributed by atoms with Gasteiger partial charge in [-0.3, -0.25) is 9.78 Å². The van der Waals surface area contributed by atoms with Gasteiger partial charge in [0, 0.05) is 21.9 Å². The molecule has 178 valence electrons. The molecule has 0 radical (unpaired) electrons. The number of aliphatic hydroxyl groups excluding tert-OH is 2. The Hall–Kier alpha value is -1.86. The summed E-state index contributed by atoms with van der Waals surface area (Å²) in [5, 5.41) is 37.0. The van der Waals surface area contributed by atoms with Crippen molar-refractivity contribution < 1.29 is 24.5 Å². The van der Waals surface area contributed by atoms with Crippen LogP contribution >= 0.6 is 22.6 Å². The maximum Gasteiger partial charge on any atom is 0.256 e. The molecule has 1 aromatic carbocycles. The molecule has 0 bridgehead atoms. The molecule has 1 aliphatic carbocycles. The van der Waals surface area contributed by atoms with Crippen molar-refractivity contribution in [2.24, 2.45) is 0 Å². The highest BCUT2D eigenvalue weighted by Crippen LogP contribution is 2.32. The molecule has 4 atom stereocenters. The van der Waals surface area contributed by atoms with Crippen LogP contribution in [0.2, 0.25) is 0 Å². The van der Waals surface area contributed by atoms with Crippen LogP contribution in [0.5, 0.6) is 0 Å². The number of anilines is 2. The Balaban J connectivity index is 1.43. The molecule has 4 rings (SSSR count). The van der Waals surface area contributed by atoms with Crippen LogP contribution in [-0.2, 0) is 0 Å². The van der Waals surface area contributed by atoms with Crippen molar-refractivity contribution in [1.82, 2.24) is 15.2 Å². The van der Waals surface area contributed by atoms with Crippen LogP contribution in [0.15, 0.2) is 36.7 Å². The number of likely N-dealkylation sites (tertiary alicyclic amines) is 1. The first-order valence-corrected chi connectivity index (χ1v) is 12.1. The number of carbonyl (C=O) groups excluding carboxylic acids is 1. The molecule has 8 nitrogen and oxygen atoms in total. The van der Waals surface area contributed by atoms with Crippen molar-refractivity contribution in [1.29, 1.82) is 0 Å². The highest BCUT2D eigenvalue weighted by molar-refractivity contribution is 14.1. The van der Waals surface area contributed by atoms with E-state index in [9.17, 15) is 24.5 Å². The third-order valence-electron chi connectivity index (χ3n) is 6.46. The summed E-state index contributed by atoms with van der Waals surface area (Å²) < 4.78 is 15.1. The minimum Gasteiger partial charge on any atom is -0.390 e. The van der Waals surface area contributed by atoms with Gasteiger partial charge in [-0.25, -0.2) is 4.39 Å². The van der Waals surface area contributed by atoms with Crippen LogP contribution in [0, 0.1) is 9.39 Å². The van der Waals surface area contributed by atoms with Gasteiger partial charge in [0.05, 0.1) is 48.4 Å². The maximum absolute atomic E-state index is 14.3. The second kappa shape index (κ2) is 9.79. The Kier molecular flexibility index (Phi) is 7.20. The molecule has 1 unspecified atom stereocenters. The average molecular weight is 570 g/mol. The highest BCUT2D eigenvalue weighted by Gasteiger charge is 2.50. The minimum absolute atomic E-state index is 0.0893. The first-order chi connectivity index (χ1) is 15.7. The number of hydrogen-bond acceptors (Lipinski definition) is 7. The molecule has 2 heterocycles. The number of nitrogens with one attached hydrogen (secondary N) is 2. The molecule has 10 heteroatoms. The fourth-order valence-electron chi connectivity index (χ4n) is 4.63. The molecule has 1 aliphatic heterocycles. The summed E-state index contributed by atoms with van der Waals surface area (Å²) in [6, 6.07) is 5.97. The average Bonchev–Trinajstić information content (AvgIpc) is 3.08. The molecule has 1 aromatic heterocycles. The Morgan fingerprint density at radius 1 is 1.27 bits per heavy atom. The molecule has 0 spiro atoms. The number of hydrogen-bond donors (Lipinski definition) is 5. The minimum atomic E-state index is -1.11. The molecular weight excluding hydrogens is 542 g/mol. The van der Waals surface area contributed by atoms with Gasteiger partial charge in [-0.2, -0.15) is 0 Å². The largest absolute Gasteiger partial charge is 0.390 e. The molecule has 2 aromatic rings. The standard InChI is InChI=1S/C23H28FIN4O4/c1-2-21(27-14-8-19(30)20(31)9-14)23(33)11-29(12-23)22(32)15-5-6-26-10-18(15)28-17-4-3-13(25)7-16(17)24/h3-7,10,14,19-21,27-28,30-31,33H,2,8-9,11-12H2,1H3/t14?,19-,20+,21-/m0/s1. The third-order valence-corrected chi connectivity index (χ3v) is 7.13. The molecular formula is C23H28FIN4O4. The van der Waals surface area contributed by atoms with E-state index in [1.807, 2.05) is 29.5 Å². The van der Waals surface area contributed by atoms with Gasteiger partial charge in [0.2, 0.25) is 0 Å². The highest BCUT2D eigenvalue weighted by atomic mass is 127. The Labute approximate surface area is 205 Å². The molecule has 2 aliphatic rings. The summed E-state index contributed by atoms with van der Waals surface area (Å²) in [5.74, 6) is -0.710. The summed E-state index contributed by atoms with van der Waals surface area (Å²) in [7, 11) is 0. The van der Waals surface area contributed by atoms with E-state index in [4.69, 9.17) is 0 Å². The fourth-order valence-corrected chi connectivity index (χ4v) is 5.09. The number of amides is 1. The lowest BCUT2D eigenvalue weighted by Gasteiger charge is -2.51. The predicted octanol–water partition coefficient (Wildman–Crippen LogP) is 2.01. The number of benzene rings is 1. The van der Waals surface area contributed by atoms with Crippen LogP contribution in [-0.4, -0.2) is 74.1 Å². The SMILES string of the molecule is CC[C@H](NC1C[C@@H](O)[C@@H](O)C1)C1(O)CN(C(=O)c2ccncc2Nc2ccc(I)cc2F)C1. The van der Waals surface area contributed by atoms with E-state index in [0.717, 1.165) is 3.57 Å². The summed E-state index contributed by atoms with van der Waals surface area (Å²) >= 11 is 2.03. The zero-order valence-corrected chi connectivity index (χ0v) is 20.4. The molecule has 1 amide bonds. The van der Waals surface area contributed by atoms with E-state index in [-0.39, 0.29) is 36.8 Å². The summed E-state index contributed by atoms with van der Waals surface area (Å²) in [4.78, 5) is 18.8. The number of halogens is 2. The van der Waals surface area contributed by atoms with Crippen molar-refractivity contribution >= 4 is 39.9 Å². The summed E-state index contributed by atoms with van der Waals surface area (Å²) in [6.07, 6.45) is 2.95. The molecule has 1 saturated heterocycles. The van der Waals surface area contributed by atoms with Gasteiger partial charge in [0.15, 0.2) is 0 Å². The Morgan fingerprint density at radius 2 is 1.97 bits per heavy atom. The zero-order chi connectivity index (χ0) is 23.8. The summed E-state index contributed by atoms with van der Waals surface area (Å²) in [5.41, 5.74) is -0.134. The quantitative estimate of drug-likeness (QED) is 0.324. The van der Waals surface area contributed by atoms with Crippen LogP contribution in [0.4, 0.5) is 15.8 Å². The van der Waals surface area contributed by atoms with Gasteiger partial charge in [-0.1, -0.05) is 6.92 Å². The first kappa shape index (κ1) is 24.3. The van der Waals surface area contributed by atoms with Crippen LogP contribution in [0.25, 0.3) is 0 Å². The number of aliphatic hydroxyl groups is 3. The van der Waals surface area contributed by atoms with Crippen molar-refractivity contribution in [3.8, 4) is 0 Å². The second-order valence-corrected chi connectivity index (χ2v) is 10.1. The number of β-amino-alcohol motifs (C(OH)–C–C–N with tert-alkyl or cyclic N) is 1. The topological polar surface area (TPSA) is 118 Å². The van der Waals surface area contributed by atoms with Gasteiger partial charge in [-0.05, 0) is 66.1 Å². The van der Waals surface area contributed by atoms with Gasteiger partial charge in [-0.15, -0.1) is 0 Å². The first-order valence-electron chi connectivity index (χ1n) is 11.0. The van der Waals surface area contributed by atoms with E-state index >= 15 is 0 Å². The van der Waals surface area contributed by atoms with Crippen molar-refractivity contribution in [2.45, 2.75) is 56.1 Å². The molecule has 33 heavy (non-hydrogen) atoms. The second-order valence-electron chi connectivity index (χ2n) is 8.87. The molecule has 2 fully saturated rings. The van der Waals surface area contributed by atoms with Gasteiger partial charge >= 0.3 is 0 Å². The zero-order valence-electron chi connectivity index (χ0n) is 18.2. The number of aromatic nitrogens is 1. The summed E-state index contributed by atoms with van der Waals surface area (Å²) in [6.45, 7) is 2.24. The molecule has 1 saturated carbocycles. The smallest absolute Gasteiger partial charge is 0.256 e. The third kappa shape index (κ3) is 5.14. The van der Waals surface area contributed by atoms with Crippen molar-refractivity contribution in [3.05, 3.63) is 51.6 Å². The van der Waals surface area contributed by atoms with Crippen molar-refractivity contribution in [3.63, 3.8) is 0 Å². The van der Waals surface area contributed by atoms with Crippen LogP contribution in [0.1, 0.15) is 36.5 Å². The lowest BCUT2D eigenvalue weighted by atomic mass is 9.83. The van der Waals surface area contributed by atoms with E-state index in [0.29, 0.717) is 30.5 Å². The Bertz CT molecular complexity index is 1010. The van der Waals surface area contributed by atoms with Crippen molar-refractivity contribution in [2.75, 3.05) is 18.4 Å². The Morgan fingerprint density at radius 3 is 2.61 bits per heavy atom. The van der Waals surface area contributed by atoms with Gasteiger partial charge < -0.3 is 30.9 Å². The number of carbonyl (C=O) groups is 1. The lowest BCUT2D eigenvalue weighted by molar-refractivity contribution is -0.107. The van der Waals surface area contributed by atoms with E-state index in [1.165, 1.54) is 18.5 Å². The van der Waals surface area contributed by atoms with Gasteiger partial charge in [0.1, 0.15) is 11.4 Å². The molecule has 5 N–H and O–H groups in total. The fraction of sp³-hybridized carbons (Fsp3) is 0.478. The maximum atomic E-state index is 14.3. The van der Waals surface area contributed by atoms with Crippen LogP contribution < -0.4 is 10.6 Å². The monoisotopic (exact) mass is 570 g/mol. The van der Waals surface area contributed by atoms with E-state index in [2.05, 4.69) is 15.6 Å². The number of nitrogens with zero attached hydrogens (tertiary/aromatic N) is 2. The van der Waals surface area contributed by atoms with E-state index < -0.39 is 23.6 Å². The lowest BCUT2D eigenvalue weighted by Crippen LogP contribution is -2.72. The number of rotatable bonds is 7. The normalized spacial score (nSPS) is 24.9. The van der Waals surface area contributed by atoms with Crippen LogP contribution in [0.3, 0.4) is 0 Å². The van der Waals surface area contributed by atoms with Gasteiger partial charge in [0.25, 0.3) is 5.91 Å². The predicted molar refractivity (Wildman–Crippen MR) is 130 cm³/mol. The van der Waals surface area contributed by atoms with E-state index in [1.54, 1.807) is 23.1 Å².